The Hall–Kier alpha value is -3.55. The van der Waals surface area contributed by atoms with Gasteiger partial charge >= 0.3 is 6.03 Å². The highest BCUT2D eigenvalue weighted by atomic mass is 16.5. The number of rotatable bonds is 8. The van der Waals surface area contributed by atoms with Gasteiger partial charge in [-0.25, -0.2) is 4.79 Å². The second-order valence-electron chi connectivity index (χ2n) is 9.00. The summed E-state index contributed by atoms with van der Waals surface area (Å²) >= 11 is 0. The first-order chi connectivity index (χ1) is 16.9. The van der Waals surface area contributed by atoms with E-state index in [1.54, 1.807) is 62.8 Å². The zero-order valence-corrected chi connectivity index (χ0v) is 20.6. The number of imide groups is 1. The molecule has 1 heterocycles. The first-order valence-electron chi connectivity index (χ1n) is 12.2. The van der Waals surface area contributed by atoms with Gasteiger partial charge in [-0.15, -0.1) is 0 Å². The molecular weight excluding hydrogens is 446 g/mol. The van der Waals surface area contributed by atoms with E-state index in [2.05, 4.69) is 5.32 Å². The quantitative estimate of drug-likeness (QED) is 0.584. The van der Waals surface area contributed by atoms with Crippen molar-refractivity contribution in [2.24, 2.45) is 0 Å². The van der Waals surface area contributed by atoms with Gasteiger partial charge in [-0.3, -0.25) is 14.5 Å². The molecule has 2 aromatic rings. The second-order valence-corrected chi connectivity index (χ2v) is 9.00. The fraction of sp³-hybridized carbons (Fsp3) is 0.444. The molecule has 186 valence electrons. The van der Waals surface area contributed by atoms with Gasteiger partial charge in [-0.05, 0) is 55.2 Å². The van der Waals surface area contributed by atoms with Crippen LogP contribution in [0.15, 0.2) is 48.5 Å². The number of nitrogens with one attached hydrogen (secondary N) is 1. The van der Waals surface area contributed by atoms with Crippen LogP contribution in [-0.2, 0) is 15.1 Å². The van der Waals surface area contributed by atoms with Crippen LogP contribution < -0.4 is 14.8 Å². The Morgan fingerprint density at radius 3 is 1.91 bits per heavy atom. The lowest BCUT2D eigenvalue weighted by Crippen LogP contribution is -2.49. The minimum Gasteiger partial charge on any atom is -0.497 e. The predicted octanol–water partition coefficient (Wildman–Crippen LogP) is 3.68. The minimum absolute atomic E-state index is 0.162. The third-order valence-electron chi connectivity index (χ3n) is 7.12. The molecule has 0 bridgehead atoms. The molecule has 0 atom stereocenters. The number of hydrogen-bond donors (Lipinski definition) is 1. The molecule has 0 unspecified atom stereocenters. The van der Waals surface area contributed by atoms with Gasteiger partial charge in [0.25, 0.3) is 5.91 Å². The molecule has 1 saturated heterocycles. The molecule has 4 amide bonds. The van der Waals surface area contributed by atoms with E-state index < -0.39 is 17.5 Å². The monoisotopic (exact) mass is 479 g/mol. The Morgan fingerprint density at radius 1 is 0.943 bits per heavy atom. The molecule has 0 radical (unpaired) electrons. The predicted molar refractivity (Wildman–Crippen MR) is 131 cm³/mol. The van der Waals surface area contributed by atoms with E-state index in [4.69, 9.17) is 9.47 Å². The molecule has 2 fully saturated rings. The second kappa shape index (κ2) is 10.4. The van der Waals surface area contributed by atoms with Gasteiger partial charge in [-0.2, -0.15) is 0 Å². The zero-order chi connectivity index (χ0) is 25.0. The molecule has 1 N–H and O–H groups in total. The summed E-state index contributed by atoms with van der Waals surface area (Å²) in [6.07, 6.45) is 5.29. The Morgan fingerprint density at radius 2 is 1.46 bits per heavy atom. The molecule has 35 heavy (non-hydrogen) atoms. The van der Waals surface area contributed by atoms with Crippen molar-refractivity contribution >= 4 is 17.8 Å². The number of ether oxygens (including phenoxy) is 2. The Labute approximate surface area is 206 Å². The molecule has 1 aliphatic carbocycles. The van der Waals surface area contributed by atoms with Gasteiger partial charge in [0.1, 0.15) is 18.0 Å². The Kier molecular flexibility index (Phi) is 7.28. The van der Waals surface area contributed by atoms with Crippen LogP contribution in [0.25, 0.3) is 0 Å². The fourth-order valence-corrected chi connectivity index (χ4v) is 5.22. The fourth-order valence-electron chi connectivity index (χ4n) is 5.22. The summed E-state index contributed by atoms with van der Waals surface area (Å²) in [4.78, 5) is 43.3. The SMILES string of the molecule is CCN(C(=O)CN1C(=O)NC(c2ccc(OC)cc2)(c2ccc(OC)cc2)C1=O)C1CCCCC1. The van der Waals surface area contributed by atoms with E-state index in [-0.39, 0.29) is 18.5 Å². The molecule has 0 aromatic heterocycles. The minimum atomic E-state index is -1.46. The van der Waals surface area contributed by atoms with E-state index in [1.165, 1.54) is 6.42 Å². The molecule has 1 saturated carbocycles. The van der Waals surface area contributed by atoms with Gasteiger partial charge in [-0.1, -0.05) is 43.5 Å². The molecule has 0 spiro atoms. The third kappa shape index (κ3) is 4.57. The number of urea groups is 1. The van der Waals surface area contributed by atoms with Crippen molar-refractivity contribution in [2.75, 3.05) is 27.3 Å². The maximum Gasteiger partial charge on any atom is 0.326 e. The summed E-state index contributed by atoms with van der Waals surface area (Å²) in [5.74, 6) is 0.580. The smallest absolute Gasteiger partial charge is 0.326 e. The topological polar surface area (TPSA) is 88.2 Å². The van der Waals surface area contributed by atoms with Gasteiger partial charge in [0.2, 0.25) is 5.91 Å². The van der Waals surface area contributed by atoms with Crippen LogP contribution in [0.1, 0.15) is 50.2 Å². The maximum atomic E-state index is 14.0. The summed E-state index contributed by atoms with van der Waals surface area (Å²) < 4.78 is 10.5. The third-order valence-corrected chi connectivity index (χ3v) is 7.12. The van der Waals surface area contributed by atoms with E-state index >= 15 is 0 Å². The molecule has 8 nitrogen and oxygen atoms in total. The van der Waals surface area contributed by atoms with E-state index in [1.807, 2.05) is 11.8 Å². The van der Waals surface area contributed by atoms with Crippen LogP contribution in [0.3, 0.4) is 0 Å². The number of likely N-dealkylation sites (N-methyl/N-ethyl adjacent to an activating group) is 1. The van der Waals surface area contributed by atoms with E-state index in [9.17, 15) is 14.4 Å². The van der Waals surface area contributed by atoms with E-state index in [0.29, 0.717) is 29.2 Å². The normalized spacial score (nSPS) is 17.7. The highest BCUT2D eigenvalue weighted by Gasteiger charge is 2.54. The van der Waals surface area contributed by atoms with Crippen LogP contribution in [0.4, 0.5) is 4.79 Å². The summed E-state index contributed by atoms with van der Waals surface area (Å²) in [6.45, 7) is 2.20. The van der Waals surface area contributed by atoms with Gasteiger partial charge in [0.05, 0.1) is 14.2 Å². The number of carbonyl (C=O) groups excluding carboxylic acids is 3. The molecular formula is C27H33N3O5. The number of benzene rings is 2. The van der Waals surface area contributed by atoms with Gasteiger partial charge < -0.3 is 19.7 Å². The van der Waals surface area contributed by atoms with Crippen LogP contribution in [0, 0.1) is 0 Å². The average molecular weight is 480 g/mol. The number of nitrogens with zero attached hydrogens (tertiary/aromatic N) is 2. The number of hydrogen-bond acceptors (Lipinski definition) is 5. The van der Waals surface area contributed by atoms with E-state index in [0.717, 1.165) is 30.6 Å². The number of amides is 4. The largest absolute Gasteiger partial charge is 0.497 e. The average Bonchev–Trinajstić information content (AvgIpc) is 3.15. The standard InChI is InChI=1S/C27H33N3O5/c1-4-29(21-8-6-5-7-9-21)24(31)18-30-25(32)27(28-26(30)33,19-10-14-22(34-2)15-11-19)20-12-16-23(35-3)17-13-20/h10-17,21H,4-9,18H2,1-3H3,(H,28,33). The van der Waals surface area contributed by atoms with Crippen molar-refractivity contribution in [1.29, 1.82) is 0 Å². The lowest BCUT2D eigenvalue weighted by atomic mass is 9.82. The molecule has 2 aromatic carbocycles. The summed E-state index contributed by atoms with van der Waals surface area (Å²) in [6, 6.07) is 13.6. The van der Waals surface area contributed by atoms with Crippen molar-refractivity contribution in [3.63, 3.8) is 0 Å². The zero-order valence-electron chi connectivity index (χ0n) is 20.6. The van der Waals surface area contributed by atoms with Gasteiger partial charge in [0, 0.05) is 12.6 Å². The maximum absolute atomic E-state index is 14.0. The molecule has 8 heteroatoms. The summed E-state index contributed by atoms with van der Waals surface area (Å²) in [5.41, 5.74) is -0.301. The van der Waals surface area contributed by atoms with Crippen molar-refractivity contribution in [2.45, 2.75) is 50.6 Å². The highest BCUT2D eigenvalue weighted by molar-refractivity contribution is 6.11. The number of carbonyl (C=O) groups is 3. The summed E-state index contributed by atoms with van der Waals surface area (Å²) in [5, 5.41) is 2.90. The Balaban J connectivity index is 1.68. The van der Waals surface area contributed by atoms with Crippen molar-refractivity contribution in [1.82, 2.24) is 15.1 Å². The molecule has 4 rings (SSSR count). The van der Waals surface area contributed by atoms with Crippen LogP contribution >= 0.6 is 0 Å². The van der Waals surface area contributed by atoms with Gasteiger partial charge in [0.15, 0.2) is 5.54 Å². The number of methoxy groups -OCH3 is 2. The van der Waals surface area contributed by atoms with Crippen LogP contribution in [0.2, 0.25) is 0 Å². The lowest BCUT2D eigenvalue weighted by Gasteiger charge is -2.34. The first kappa shape index (κ1) is 24.6. The molecule has 2 aliphatic rings. The van der Waals surface area contributed by atoms with Crippen molar-refractivity contribution in [3.8, 4) is 11.5 Å². The highest BCUT2D eigenvalue weighted by Crippen LogP contribution is 2.37. The first-order valence-corrected chi connectivity index (χ1v) is 12.2. The summed E-state index contributed by atoms with van der Waals surface area (Å²) in [7, 11) is 3.13. The molecule has 1 aliphatic heterocycles. The van der Waals surface area contributed by atoms with Crippen LogP contribution in [-0.4, -0.2) is 61.0 Å². The Bertz CT molecular complexity index is 1010. The van der Waals surface area contributed by atoms with Crippen molar-refractivity contribution in [3.05, 3.63) is 59.7 Å². The van der Waals surface area contributed by atoms with Crippen molar-refractivity contribution < 1.29 is 23.9 Å². The van der Waals surface area contributed by atoms with Crippen LogP contribution in [0.5, 0.6) is 11.5 Å². The lowest BCUT2D eigenvalue weighted by molar-refractivity contribution is -0.140.